The summed E-state index contributed by atoms with van der Waals surface area (Å²) >= 11 is 0. The monoisotopic (exact) mass is 292 g/mol. The number of nitrogens with one attached hydrogen (secondary N) is 2. The predicted molar refractivity (Wildman–Crippen MR) is 77.5 cm³/mol. The Morgan fingerprint density at radius 3 is 2.90 bits per heavy atom. The fourth-order valence-corrected chi connectivity index (χ4v) is 2.74. The van der Waals surface area contributed by atoms with Crippen molar-refractivity contribution in [3.8, 4) is 0 Å². The second-order valence-corrected chi connectivity index (χ2v) is 5.10. The number of hydrogen-bond donors (Lipinski definition) is 3. The highest BCUT2D eigenvalue weighted by molar-refractivity contribution is 5.83. The first-order chi connectivity index (χ1) is 10.1. The van der Waals surface area contributed by atoms with Gasteiger partial charge >= 0.3 is 5.97 Å². The summed E-state index contributed by atoms with van der Waals surface area (Å²) in [5.41, 5.74) is 4.33. The lowest BCUT2D eigenvalue weighted by atomic mass is 9.93. The van der Waals surface area contributed by atoms with Gasteiger partial charge in [0, 0.05) is 6.20 Å². The van der Waals surface area contributed by atoms with Crippen molar-refractivity contribution in [3.05, 3.63) is 24.4 Å². The Bertz CT molecular complexity index is 508. The Labute approximate surface area is 123 Å². The summed E-state index contributed by atoms with van der Waals surface area (Å²) in [4.78, 5) is 29.3. The fraction of sp³-hybridized carbons (Fsp3) is 0.500. The first kappa shape index (κ1) is 15.2. The maximum Gasteiger partial charge on any atom is 0.324 e. The third-order valence-electron chi connectivity index (χ3n) is 3.94. The van der Waals surface area contributed by atoms with Crippen molar-refractivity contribution in [3.63, 3.8) is 0 Å². The molecule has 0 radical (unpaired) electrons. The molecule has 0 saturated carbocycles. The molecule has 0 aromatic carbocycles. The average molecular weight is 292 g/mol. The summed E-state index contributed by atoms with van der Waals surface area (Å²) in [5.74, 6) is -0.595. The Balaban J connectivity index is 1.91. The summed E-state index contributed by atoms with van der Waals surface area (Å²) in [6.07, 6.45) is 3.48. The number of anilines is 1. The molecule has 1 atom stereocenters. The molecule has 1 fully saturated rings. The van der Waals surface area contributed by atoms with Crippen LogP contribution < -0.4 is 10.9 Å². The average Bonchev–Trinajstić information content (AvgIpc) is 2.90. The van der Waals surface area contributed by atoms with E-state index in [0.29, 0.717) is 25.2 Å². The molecule has 21 heavy (non-hydrogen) atoms. The quantitative estimate of drug-likeness (QED) is 0.673. The predicted octanol–water partition coefficient (Wildman–Crippen LogP) is 0.854. The number of amides is 1. The summed E-state index contributed by atoms with van der Waals surface area (Å²) in [5, 5.41) is 9.46. The van der Waals surface area contributed by atoms with Crippen LogP contribution in [0, 0.1) is 0 Å². The van der Waals surface area contributed by atoms with E-state index >= 15 is 0 Å². The number of aromatic nitrogens is 1. The van der Waals surface area contributed by atoms with Crippen molar-refractivity contribution in [2.45, 2.75) is 31.7 Å². The molecule has 1 aromatic heterocycles. The molecule has 7 heteroatoms. The van der Waals surface area contributed by atoms with Crippen molar-refractivity contribution in [1.29, 1.82) is 0 Å². The number of carbonyl (C=O) groups is 2. The van der Waals surface area contributed by atoms with Crippen molar-refractivity contribution < 1.29 is 14.7 Å². The molecule has 0 bridgehead atoms. The van der Waals surface area contributed by atoms with E-state index in [1.807, 2.05) is 6.92 Å². The minimum atomic E-state index is -0.914. The molecule has 1 aliphatic heterocycles. The minimum absolute atomic E-state index is 0.0555. The molecule has 114 valence electrons. The number of hydrazine groups is 1. The van der Waals surface area contributed by atoms with Gasteiger partial charge in [0.05, 0.1) is 6.54 Å². The van der Waals surface area contributed by atoms with E-state index < -0.39 is 11.5 Å². The van der Waals surface area contributed by atoms with E-state index in [4.69, 9.17) is 0 Å². The molecule has 1 aromatic rings. The van der Waals surface area contributed by atoms with Crippen LogP contribution in [-0.2, 0) is 9.59 Å². The van der Waals surface area contributed by atoms with E-state index in [0.717, 1.165) is 6.42 Å². The second kappa shape index (κ2) is 6.53. The molecule has 1 unspecified atom stereocenters. The van der Waals surface area contributed by atoms with Gasteiger partial charge in [-0.25, -0.2) is 4.98 Å². The van der Waals surface area contributed by atoms with Crippen LogP contribution in [0.4, 0.5) is 5.82 Å². The smallest absolute Gasteiger partial charge is 0.324 e. The summed E-state index contributed by atoms with van der Waals surface area (Å²) in [6, 6.07) is 5.30. The van der Waals surface area contributed by atoms with Crippen LogP contribution in [0.25, 0.3) is 0 Å². The van der Waals surface area contributed by atoms with E-state index in [9.17, 15) is 14.7 Å². The molecule has 1 saturated heterocycles. The van der Waals surface area contributed by atoms with Gasteiger partial charge in [-0.05, 0) is 37.9 Å². The van der Waals surface area contributed by atoms with Gasteiger partial charge in [-0.15, -0.1) is 0 Å². The number of rotatable bonds is 6. The molecule has 2 heterocycles. The van der Waals surface area contributed by atoms with E-state index in [-0.39, 0.29) is 12.5 Å². The van der Waals surface area contributed by atoms with Crippen molar-refractivity contribution in [1.82, 2.24) is 15.3 Å². The maximum atomic E-state index is 12.0. The van der Waals surface area contributed by atoms with Gasteiger partial charge in [-0.3, -0.25) is 25.3 Å². The number of likely N-dealkylation sites (tertiary alicyclic amines) is 1. The Hall–Kier alpha value is -2.15. The van der Waals surface area contributed by atoms with Gasteiger partial charge in [-0.2, -0.15) is 0 Å². The standard InChI is InChI=1S/C14H20N4O3/c1-2-14(13(20)21)7-5-9-18(14)10-12(19)17-16-11-6-3-4-8-15-11/h3-4,6,8H,2,5,7,9-10H2,1H3,(H,15,16)(H,17,19)(H,20,21). The lowest BCUT2D eigenvalue weighted by molar-refractivity contribution is -0.150. The summed E-state index contributed by atoms with van der Waals surface area (Å²) in [6.45, 7) is 2.52. The number of aliphatic carboxylic acids is 1. The zero-order valence-electron chi connectivity index (χ0n) is 12.0. The van der Waals surface area contributed by atoms with Crippen LogP contribution >= 0.6 is 0 Å². The van der Waals surface area contributed by atoms with Crippen LogP contribution in [0.15, 0.2) is 24.4 Å². The molecule has 2 rings (SSSR count). The zero-order valence-corrected chi connectivity index (χ0v) is 12.0. The zero-order chi connectivity index (χ0) is 15.3. The van der Waals surface area contributed by atoms with Crippen LogP contribution in [0.3, 0.4) is 0 Å². The first-order valence-corrected chi connectivity index (χ1v) is 7.03. The lowest BCUT2D eigenvalue weighted by Gasteiger charge is -2.33. The van der Waals surface area contributed by atoms with Gasteiger partial charge in [-0.1, -0.05) is 13.0 Å². The highest BCUT2D eigenvalue weighted by Crippen LogP contribution is 2.32. The Morgan fingerprint density at radius 1 is 1.48 bits per heavy atom. The maximum absolute atomic E-state index is 12.0. The normalized spacial score (nSPS) is 22.0. The highest BCUT2D eigenvalue weighted by atomic mass is 16.4. The topological polar surface area (TPSA) is 94.6 Å². The van der Waals surface area contributed by atoms with E-state index in [1.165, 1.54) is 0 Å². The fourth-order valence-electron chi connectivity index (χ4n) is 2.74. The largest absolute Gasteiger partial charge is 0.480 e. The SMILES string of the molecule is CCC1(C(=O)O)CCCN1CC(=O)NNc1ccccn1. The van der Waals surface area contributed by atoms with Crippen molar-refractivity contribution in [2.24, 2.45) is 0 Å². The molecule has 1 aliphatic rings. The van der Waals surface area contributed by atoms with Crippen LogP contribution in [-0.4, -0.2) is 45.5 Å². The number of carboxylic acid groups (broad SMARTS) is 1. The van der Waals surface area contributed by atoms with Crippen LogP contribution in [0.5, 0.6) is 0 Å². The van der Waals surface area contributed by atoms with E-state index in [1.54, 1.807) is 29.3 Å². The van der Waals surface area contributed by atoms with E-state index in [2.05, 4.69) is 15.8 Å². The van der Waals surface area contributed by atoms with Gasteiger partial charge in [0.25, 0.3) is 5.91 Å². The number of hydrogen-bond acceptors (Lipinski definition) is 5. The van der Waals surface area contributed by atoms with Crippen molar-refractivity contribution in [2.75, 3.05) is 18.5 Å². The van der Waals surface area contributed by atoms with Gasteiger partial charge < -0.3 is 5.11 Å². The first-order valence-electron chi connectivity index (χ1n) is 7.03. The summed E-state index contributed by atoms with van der Waals surface area (Å²) in [7, 11) is 0. The molecular formula is C14H20N4O3. The molecule has 7 nitrogen and oxygen atoms in total. The molecule has 0 aliphatic carbocycles. The number of pyridine rings is 1. The lowest BCUT2D eigenvalue weighted by Crippen LogP contribution is -2.53. The molecule has 1 amide bonds. The summed E-state index contributed by atoms with van der Waals surface area (Å²) < 4.78 is 0. The number of nitrogens with zero attached hydrogens (tertiary/aromatic N) is 2. The molecule has 3 N–H and O–H groups in total. The van der Waals surface area contributed by atoms with Crippen LogP contribution in [0.2, 0.25) is 0 Å². The Kier molecular flexibility index (Phi) is 4.74. The van der Waals surface area contributed by atoms with Crippen molar-refractivity contribution >= 4 is 17.7 Å². The van der Waals surface area contributed by atoms with Gasteiger partial charge in [0.1, 0.15) is 11.4 Å². The number of carboxylic acids is 1. The highest BCUT2D eigenvalue weighted by Gasteiger charge is 2.46. The third-order valence-corrected chi connectivity index (χ3v) is 3.94. The van der Waals surface area contributed by atoms with Gasteiger partial charge in [0.2, 0.25) is 0 Å². The molecule has 0 spiro atoms. The van der Waals surface area contributed by atoms with Gasteiger partial charge in [0.15, 0.2) is 0 Å². The third kappa shape index (κ3) is 3.30. The Morgan fingerprint density at radius 2 is 2.29 bits per heavy atom. The second-order valence-electron chi connectivity index (χ2n) is 5.10. The number of carbonyl (C=O) groups excluding carboxylic acids is 1. The minimum Gasteiger partial charge on any atom is -0.480 e. The van der Waals surface area contributed by atoms with Crippen LogP contribution in [0.1, 0.15) is 26.2 Å². The molecular weight excluding hydrogens is 272 g/mol.